The molecule has 0 amide bonds. The van der Waals surface area contributed by atoms with E-state index in [2.05, 4.69) is 43.6 Å². The summed E-state index contributed by atoms with van der Waals surface area (Å²) in [5, 5.41) is 0. The standard InChI is InChI=1S/C30H24N10.2C2H5.Sn/c1-2-10-20-19(9-1)31-27(32-20)39(28-33-21-11-3-4-12-22(21)34-28)17-18-40(29-35-23-13-5-6-14-24(23)36-29)30-37-25-15-7-8-16-26(25)38-30;2*1-2;/h1-16H,17-18H2,(H,31,32)(H,33,34)(H,35,36)(H,37,38);2*1H2,2H3;. The number of nitrogens with zero attached hydrogens (tertiary/aromatic N) is 6. The molecule has 0 aliphatic rings. The summed E-state index contributed by atoms with van der Waals surface area (Å²) in [5.74, 6) is 2.81. The number of rotatable bonds is 9. The van der Waals surface area contributed by atoms with Crippen molar-refractivity contribution < 1.29 is 0 Å². The van der Waals surface area contributed by atoms with E-state index in [1.807, 2.05) is 97.1 Å². The number of fused-ring (bicyclic) bond motifs is 4. The van der Waals surface area contributed by atoms with Crippen molar-refractivity contribution in [2.24, 2.45) is 0 Å². The fourth-order valence-corrected chi connectivity index (χ4v) is 6.77. The zero-order valence-electron chi connectivity index (χ0n) is 25.2. The van der Waals surface area contributed by atoms with Crippen LogP contribution in [0.2, 0.25) is 8.87 Å². The molecule has 8 rings (SSSR count). The van der Waals surface area contributed by atoms with Crippen molar-refractivity contribution in [1.82, 2.24) is 39.9 Å². The fraction of sp³-hybridized carbons (Fsp3) is 0.176. The van der Waals surface area contributed by atoms with E-state index in [4.69, 9.17) is 19.9 Å². The molecule has 2 radical (unpaired) electrons. The van der Waals surface area contributed by atoms with Crippen LogP contribution in [0, 0.1) is 0 Å². The molecule has 0 unspecified atom stereocenters. The Hall–Kier alpha value is -4.84. The maximum atomic E-state index is 4.90. The van der Waals surface area contributed by atoms with Gasteiger partial charge in [-0.25, -0.2) is 19.9 Å². The van der Waals surface area contributed by atoms with E-state index in [1.165, 1.54) is 8.87 Å². The molecule has 0 saturated carbocycles. The quantitative estimate of drug-likeness (QED) is 0.114. The number of nitrogens with one attached hydrogen (secondary N) is 4. The Labute approximate surface area is 270 Å². The summed E-state index contributed by atoms with van der Waals surface area (Å²) < 4.78 is 3.03. The number of H-pyrrole nitrogens is 4. The molecule has 0 aliphatic heterocycles. The van der Waals surface area contributed by atoms with Crippen LogP contribution in [0.4, 0.5) is 23.8 Å². The SMILES string of the molecule is C[CH2][Sn][CH2]C.c1ccc2[nH]c(N(CCN(c3nc4ccccc4[nH]3)c3nc4ccccc4[nH]3)c3nc4ccccc4[nH]3)nc2c1. The van der Waals surface area contributed by atoms with Crippen molar-refractivity contribution >= 4 is 89.1 Å². The van der Waals surface area contributed by atoms with E-state index in [0.29, 0.717) is 36.9 Å². The van der Waals surface area contributed by atoms with Gasteiger partial charge in [-0.1, -0.05) is 48.5 Å². The van der Waals surface area contributed by atoms with Crippen LogP contribution in [0.25, 0.3) is 44.1 Å². The molecule has 0 atom stereocenters. The maximum Gasteiger partial charge on any atom is 0.210 e. The average Bonchev–Trinajstić information content (AvgIpc) is 3.87. The molecule has 0 bridgehead atoms. The predicted octanol–water partition coefficient (Wildman–Crippen LogP) is 7.74. The molecule has 4 aromatic carbocycles. The summed E-state index contributed by atoms with van der Waals surface area (Å²) in [6, 6.07) is 32.1. The maximum absolute atomic E-state index is 4.90. The van der Waals surface area contributed by atoms with Gasteiger partial charge in [-0.05, 0) is 48.5 Å². The van der Waals surface area contributed by atoms with Crippen LogP contribution in [0.15, 0.2) is 97.1 Å². The Bertz CT molecular complexity index is 1740. The second kappa shape index (κ2) is 13.0. The number of hydrogen-bond acceptors (Lipinski definition) is 6. The third-order valence-electron chi connectivity index (χ3n) is 7.58. The van der Waals surface area contributed by atoms with Gasteiger partial charge in [0, 0.05) is 13.1 Å². The minimum Gasteiger partial charge on any atom is -0.324 e. The topological polar surface area (TPSA) is 121 Å². The Morgan fingerprint density at radius 3 is 0.933 bits per heavy atom. The molecular formula is C34H34N10Sn. The van der Waals surface area contributed by atoms with Crippen molar-refractivity contribution in [1.29, 1.82) is 0 Å². The molecule has 11 heteroatoms. The van der Waals surface area contributed by atoms with E-state index in [1.54, 1.807) is 0 Å². The number of imidazole rings is 4. The zero-order chi connectivity index (χ0) is 30.6. The Morgan fingerprint density at radius 2 is 0.711 bits per heavy atom. The normalized spacial score (nSPS) is 11.3. The van der Waals surface area contributed by atoms with Crippen LogP contribution in [-0.2, 0) is 0 Å². The first-order chi connectivity index (χ1) is 22.2. The molecule has 0 saturated heterocycles. The Balaban J connectivity index is 0.000000606. The van der Waals surface area contributed by atoms with Gasteiger partial charge in [-0.3, -0.25) is 9.80 Å². The van der Waals surface area contributed by atoms with E-state index in [-0.39, 0.29) is 21.1 Å². The molecule has 10 nitrogen and oxygen atoms in total. The Morgan fingerprint density at radius 1 is 0.444 bits per heavy atom. The van der Waals surface area contributed by atoms with Crippen LogP contribution in [-0.4, -0.2) is 74.1 Å². The number of aromatic amines is 4. The molecule has 45 heavy (non-hydrogen) atoms. The summed E-state index contributed by atoms with van der Waals surface area (Å²) in [7, 11) is 0. The van der Waals surface area contributed by atoms with Crippen LogP contribution in [0.1, 0.15) is 13.8 Å². The number of para-hydroxylation sites is 8. The van der Waals surface area contributed by atoms with E-state index >= 15 is 0 Å². The first-order valence-corrected chi connectivity index (χ1v) is 19.3. The van der Waals surface area contributed by atoms with Gasteiger partial charge in [0.15, 0.2) is 0 Å². The van der Waals surface area contributed by atoms with Crippen LogP contribution < -0.4 is 9.80 Å². The molecule has 4 aromatic heterocycles. The summed E-state index contributed by atoms with van der Waals surface area (Å²) in [6.45, 7) is 5.65. The molecule has 224 valence electrons. The second-order valence-corrected chi connectivity index (χ2v) is 16.0. The number of aromatic nitrogens is 8. The van der Waals surface area contributed by atoms with Crippen LogP contribution in [0.5, 0.6) is 0 Å². The van der Waals surface area contributed by atoms with Gasteiger partial charge in [0.1, 0.15) is 0 Å². The predicted molar refractivity (Wildman–Crippen MR) is 185 cm³/mol. The molecule has 4 N–H and O–H groups in total. The minimum atomic E-state index is 0.218. The van der Waals surface area contributed by atoms with E-state index in [9.17, 15) is 0 Å². The monoisotopic (exact) mass is 702 g/mol. The molecule has 0 aliphatic carbocycles. The van der Waals surface area contributed by atoms with Crippen molar-refractivity contribution in [3.8, 4) is 0 Å². The van der Waals surface area contributed by atoms with Crippen molar-refractivity contribution in [2.75, 3.05) is 22.9 Å². The average molecular weight is 701 g/mol. The first kappa shape index (κ1) is 28.9. The Kier molecular flexibility index (Phi) is 8.37. The number of benzene rings is 4. The van der Waals surface area contributed by atoms with Crippen molar-refractivity contribution in [2.45, 2.75) is 22.7 Å². The van der Waals surface area contributed by atoms with Gasteiger partial charge in [-0.15, -0.1) is 0 Å². The summed E-state index contributed by atoms with van der Waals surface area (Å²) in [4.78, 5) is 37.6. The third kappa shape index (κ3) is 6.10. The molecule has 8 aromatic rings. The van der Waals surface area contributed by atoms with Gasteiger partial charge in [0.05, 0.1) is 44.1 Å². The largest absolute Gasteiger partial charge is 0.324 e. The smallest absolute Gasteiger partial charge is 0.210 e. The minimum absolute atomic E-state index is 0.218. The molecule has 4 heterocycles. The van der Waals surface area contributed by atoms with E-state index < -0.39 is 0 Å². The fourth-order valence-electron chi connectivity index (χ4n) is 5.34. The number of hydrogen-bond donors (Lipinski definition) is 4. The van der Waals surface area contributed by atoms with Gasteiger partial charge in [0.25, 0.3) is 0 Å². The van der Waals surface area contributed by atoms with Crippen molar-refractivity contribution in [3.63, 3.8) is 0 Å². The summed E-state index contributed by atoms with van der Waals surface area (Å²) >= 11 is 0.218. The molecular weight excluding hydrogens is 667 g/mol. The number of anilines is 4. The van der Waals surface area contributed by atoms with Gasteiger partial charge < -0.3 is 19.9 Å². The third-order valence-corrected chi connectivity index (χ3v) is 10.4. The van der Waals surface area contributed by atoms with Crippen LogP contribution >= 0.6 is 0 Å². The zero-order valence-corrected chi connectivity index (χ0v) is 28.1. The summed E-state index contributed by atoms with van der Waals surface area (Å²) in [5.41, 5.74) is 7.43. The molecule has 0 spiro atoms. The van der Waals surface area contributed by atoms with Gasteiger partial charge >= 0.3 is 43.9 Å². The van der Waals surface area contributed by atoms with Crippen LogP contribution in [0.3, 0.4) is 0 Å². The molecule has 0 fully saturated rings. The second-order valence-electron chi connectivity index (χ2n) is 10.6. The summed E-state index contributed by atoms with van der Waals surface area (Å²) in [6.07, 6.45) is 0. The van der Waals surface area contributed by atoms with Crippen molar-refractivity contribution in [3.05, 3.63) is 97.1 Å². The van der Waals surface area contributed by atoms with Gasteiger partial charge in [-0.2, -0.15) is 0 Å². The van der Waals surface area contributed by atoms with E-state index in [0.717, 1.165) is 44.1 Å². The first-order valence-electron chi connectivity index (χ1n) is 15.2. The van der Waals surface area contributed by atoms with Gasteiger partial charge in [0.2, 0.25) is 23.8 Å².